The SMILES string of the molecule is CC(C)(C)c1cc(C(C)(C)C)c(OS(=O)(=O)C(F)(F)F)c(I)c1OS(=O)(=O)C(F)(F)F. The van der Waals surface area contributed by atoms with Crippen LogP contribution in [0, 0.1) is 3.57 Å². The third-order valence-electron chi connectivity index (χ3n) is 3.75. The van der Waals surface area contributed by atoms with Crippen molar-refractivity contribution in [3.63, 3.8) is 0 Å². The maximum atomic E-state index is 12.9. The Kier molecular flexibility index (Phi) is 7.34. The molecule has 0 bridgehead atoms. The average Bonchev–Trinajstić information content (AvgIpc) is 2.46. The molecule has 0 unspecified atom stereocenters. The predicted octanol–water partition coefficient (Wildman–Crippen LogP) is 5.34. The van der Waals surface area contributed by atoms with Crippen molar-refractivity contribution in [2.24, 2.45) is 0 Å². The first-order valence-electron chi connectivity index (χ1n) is 8.22. The third-order valence-corrected chi connectivity index (χ3v) is 6.63. The molecule has 0 radical (unpaired) electrons. The maximum absolute atomic E-state index is 12.9. The average molecular weight is 612 g/mol. The minimum atomic E-state index is -6.23. The molecule has 0 aromatic heterocycles. The topological polar surface area (TPSA) is 86.7 Å². The lowest BCUT2D eigenvalue weighted by Crippen LogP contribution is -2.31. The zero-order valence-electron chi connectivity index (χ0n) is 17.0. The summed E-state index contributed by atoms with van der Waals surface area (Å²) in [6.07, 6.45) is 0. The standard InChI is InChI=1S/C16H19F6IO6S2/c1-13(2,3)8-7-9(14(4,5)6)12(29-31(26,27)16(20,21)22)10(23)11(8)28-30(24,25)15(17,18)19/h7H,1-6H3. The Morgan fingerprint density at radius 3 is 1.13 bits per heavy atom. The lowest BCUT2D eigenvalue weighted by Gasteiger charge is -2.30. The van der Waals surface area contributed by atoms with Crippen LogP contribution in [0.4, 0.5) is 26.3 Å². The van der Waals surface area contributed by atoms with Crippen LogP contribution in [0.3, 0.4) is 0 Å². The molecule has 180 valence electrons. The van der Waals surface area contributed by atoms with E-state index in [1.54, 1.807) is 0 Å². The summed E-state index contributed by atoms with van der Waals surface area (Å²) in [6.45, 7) is 8.95. The van der Waals surface area contributed by atoms with Crippen LogP contribution < -0.4 is 8.37 Å². The third kappa shape index (κ3) is 6.09. The highest BCUT2D eigenvalue weighted by molar-refractivity contribution is 14.1. The van der Waals surface area contributed by atoms with Gasteiger partial charge in [-0.3, -0.25) is 0 Å². The highest BCUT2D eigenvalue weighted by Crippen LogP contribution is 2.48. The lowest BCUT2D eigenvalue weighted by atomic mass is 9.80. The fourth-order valence-corrected chi connectivity index (χ4v) is 4.28. The molecule has 15 heteroatoms. The highest BCUT2D eigenvalue weighted by Gasteiger charge is 2.51. The summed E-state index contributed by atoms with van der Waals surface area (Å²) in [5.74, 6) is -1.96. The molecular formula is C16H19F6IO6S2. The lowest BCUT2D eigenvalue weighted by molar-refractivity contribution is -0.0503. The first-order chi connectivity index (χ1) is 13.3. The summed E-state index contributed by atoms with van der Waals surface area (Å²) in [4.78, 5) is 0. The van der Waals surface area contributed by atoms with E-state index in [9.17, 15) is 43.2 Å². The van der Waals surface area contributed by atoms with Gasteiger partial charge in [-0.2, -0.15) is 43.2 Å². The van der Waals surface area contributed by atoms with Gasteiger partial charge in [-0.05, 0) is 39.5 Å². The van der Waals surface area contributed by atoms with E-state index < -0.39 is 57.2 Å². The van der Waals surface area contributed by atoms with Crippen LogP contribution in [-0.2, 0) is 31.1 Å². The Balaban J connectivity index is 4.07. The molecule has 0 N–H and O–H groups in total. The molecule has 0 aliphatic heterocycles. The number of hydrogen-bond donors (Lipinski definition) is 0. The summed E-state index contributed by atoms with van der Waals surface area (Å²) in [5.41, 5.74) is -14.0. The van der Waals surface area contributed by atoms with Crippen molar-refractivity contribution in [2.45, 2.75) is 63.4 Å². The van der Waals surface area contributed by atoms with Gasteiger partial charge in [0.15, 0.2) is 11.5 Å². The molecule has 1 aromatic rings. The smallest absolute Gasteiger partial charge is 0.374 e. The van der Waals surface area contributed by atoms with Gasteiger partial charge < -0.3 is 8.37 Å². The van der Waals surface area contributed by atoms with Gasteiger partial charge in [0.05, 0.1) is 0 Å². The first kappa shape index (κ1) is 28.1. The highest BCUT2D eigenvalue weighted by atomic mass is 127. The maximum Gasteiger partial charge on any atom is 0.534 e. The minimum absolute atomic E-state index is 0.119. The van der Waals surface area contributed by atoms with Crippen molar-refractivity contribution >= 4 is 42.8 Å². The van der Waals surface area contributed by atoms with Crippen LogP contribution in [0.2, 0.25) is 0 Å². The Hall–Kier alpha value is -0.970. The van der Waals surface area contributed by atoms with Gasteiger partial charge in [0.2, 0.25) is 0 Å². The van der Waals surface area contributed by atoms with Crippen LogP contribution in [0.15, 0.2) is 6.07 Å². The summed E-state index contributed by atoms with van der Waals surface area (Å²) in [7, 11) is -12.5. The first-order valence-corrected chi connectivity index (χ1v) is 12.1. The summed E-state index contributed by atoms with van der Waals surface area (Å²) < 4.78 is 132. The van der Waals surface area contributed by atoms with Gasteiger partial charge in [0.25, 0.3) is 0 Å². The van der Waals surface area contributed by atoms with Crippen molar-refractivity contribution in [2.75, 3.05) is 0 Å². The van der Waals surface area contributed by atoms with E-state index in [2.05, 4.69) is 8.37 Å². The zero-order valence-corrected chi connectivity index (χ0v) is 20.8. The van der Waals surface area contributed by atoms with Crippen molar-refractivity contribution in [1.29, 1.82) is 0 Å². The molecule has 0 aliphatic rings. The molecule has 1 aromatic carbocycles. The number of alkyl halides is 6. The Morgan fingerprint density at radius 1 is 0.677 bits per heavy atom. The van der Waals surface area contributed by atoms with Crippen molar-refractivity contribution < 1.29 is 51.5 Å². The van der Waals surface area contributed by atoms with Gasteiger partial charge >= 0.3 is 31.3 Å². The van der Waals surface area contributed by atoms with Gasteiger partial charge in [0, 0.05) is 11.1 Å². The molecule has 31 heavy (non-hydrogen) atoms. The predicted molar refractivity (Wildman–Crippen MR) is 108 cm³/mol. The monoisotopic (exact) mass is 612 g/mol. The summed E-state index contributed by atoms with van der Waals surface area (Å²) in [6, 6.07) is 1.07. The Morgan fingerprint density at radius 2 is 0.935 bits per heavy atom. The molecule has 1 rings (SSSR count). The van der Waals surface area contributed by atoms with Crippen molar-refractivity contribution in [3.05, 3.63) is 20.8 Å². The van der Waals surface area contributed by atoms with E-state index in [1.807, 2.05) is 0 Å². The second-order valence-corrected chi connectivity index (χ2v) is 12.6. The van der Waals surface area contributed by atoms with Crippen molar-refractivity contribution in [3.8, 4) is 11.5 Å². The fourth-order valence-electron chi connectivity index (χ4n) is 2.21. The molecule has 0 spiro atoms. The number of hydrogen-bond acceptors (Lipinski definition) is 6. The fraction of sp³-hybridized carbons (Fsp3) is 0.625. The summed E-state index contributed by atoms with van der Waals surface area (Å²) >= 11 is 1.20. The second kappa shape index (κ2) is 8.11. The molecule has 0 amide bonds. The largest absolute Gasteiger partial charge is 0.534 e. The number of halogens is 7. The second-order valence-electron chi connectivity index (χ2n) is 8.41. The Bertz CT molecular complexity index is 980. The van der Waals surface area contributed by atoms with Gasteiger partial charge in [-0.15, -0.1) is 0 Å². The molecule has 0 heterocycles. The van der Waals surface area contributed by atoms with E-state index in [0.717, 1.165) is 6.07 Å². The molecule has 0 aliphatic carbocycles. The Labute approximate surface area is 189 Å². The normalized spacial score (nSPS) is 14.5. The molecule has 0 saturated heterocycles. The minimum Gasteiger partial charge on any atom is -0.374 e. The van der Waals surface area contributed by atoms with Crippen LogP contribution in [0.25, 0.3) is 0 Å². The summed E-state index contributed by atoms with van der Waals surface area (Å²) in [5, 5.41) is 0. The molecule has 0 atom stereocenters. The zero-order chi connectivity index (χ0) is 25.0. The number of rotatable bonds is 4. The van der Waals surface area contributed by atoms with E-state index >= 15 is 0 Å². The van der Waals surface area contributed by atoms with Crippen LogP contribution in [0.1, 0.15) is 52.7 Å². The molecule has 0 saturated carbocycles. The van der Waals surface area contributed by atoms with Gasteiger partial charge in [-0.25, -0.2) is 0 Å². The number of benzene rings is 1. The molecule has 6 nitrogen and oxygen atoms in total. The van der Waals surface area contributed by atoms with E-state index in [4.69, 9.17) is 0 Å². The van der Waals surface area contributed by atoms with Gasteiger partial charge in [0.1, 0.15) is 3.57 Å². The quantitative estimate of drug-likeness (QED) is 0.198. The van der Waals surface area contributed by atoms with Crippen LogP contribution in [0.5, 0.6) is 11.5 Å². The molecule has 0 fully saturated rings. The van der Waals surface area contributed by atoms with Crippen LogP contribution in [-0.4, -0.2) is 27.9 Å². The van der Waals surface area contributed by atoms with E-state index in [1.165, 1.54) is 64.1 Å². The van der Waals surface area contributed by atoms with E-state index in [0.29, 0.717) is 0 Å². The van der Waals surface area contributed by atoms with Gasteiger partial charge in [-0.1, -0.05) is 41.5 Å². The van der Waals surface area contributed by atoms with Crippen LogP contribution >= 0.6 is 22.6 Å². The molecular weight excluding hydrogens is 593 g/mol. The van der Waals surface area contributed by atoms with Crippen molar-refractivity contribution in [1.82, 2.24) is 0 Å². The van der Waals surface area contributed by atoms with E-state index in [-0.39, 0.29) is 11.1 Å².